The number of benzene rings is 1. The number of hydrogen-bond donors (Lipinski definition) is 0. The molecule has 0 spiro atoms. The lowest BCUT2D eigenvalue weighted by Crippen LogP contribution is -2.37. The zero-order valence-corrected chi connectivity index (χ0v) is 24.9. The van der Waals surface area contributed by atoms with E-state index in [4.69, 9.17) is 0 Å². The van der Waals surface area contributed by atoms with E-state index in [1.54, 1.807) is 5.82 Å². The minimum Gasteiger partial charge on any atom is -0.234 e. The summed E-state index contributed by atoms with van der Waals surface area (Å²) in [7, 11) is 0. The number of rotatable bonds is 25. The van der Waals surface area contributed by atoms with E-state index < -0.39 is 0 Å². The Hall–Kier alpha value is -1.57. The molecule has 2 aromatic rings. The second-order valence-corrected chi connectivity index (χ2v) is 11.5. The number of imidazole rings is 1. The van der Waals surface area contributed by atoms with E-state index in [0.29, 0.717) is 0 Å². The summed E-state index contributed by atoms with van der Waals surface area (Å²) in [4.78, 5) is 0. The van der Waals surface area contributed by atoms with Crippen molar-refractivity contribution in [3.63, 3.8) is 0 Å². The highest BCUT2D eigenvalue weighted by molar-refractivity contribution is 5.14. The Labute approximate surface area is 231 Å². The molecule has 1 heterocycles. The first-order chi connectivity index (χ1) is 18.3. The number of aromatic nitrogens is 2. The molecule has 0 aliphatic rings. The van der Waals surface area contributed by atoms with E-state index in [-0.39, 0.29) is 0 Å². The fraction of sp³-hybridized carbons (Fsp3) is 0.743. The lowest BCUT2D eigenvalue weighted by molar-refractivity contribution is -0.704. The number of unbranched alkanes of at least 4 members (excludes halogenated alkanes) is 17. The van der Waals surface area contributed by atoms with Crippen LogP contribution in [-0.2, 0) is 25.9 Å². The first kappa shape index (κ1) is 31.6. The first-order valence-electron chi connectivity index (χ1n) is 16.5. The van der Waals surface area contributed by atoms with Crippen LogP contribution in [0.2, 0.25) is 0 Å². The summed E-state index contributed by atoms with van der Waals surface area (Å²) in [6.45, 7) is 6.95. The van der Waals surface area contributed by atoms with Crippen molar-refractivity contribution in [3.8, 4) is 0 Å². The SMILES string of the molecule is CCCCCCCCCCCCCCCCc1n(CCCCCCC)cc[n+]1CCCc1ccccc1. The first-order valence-corrected chi connectivity index (χ1v) is 16.5. The highest BCUT2D eigenvalue weighted by Crippen LogP contribution is 2.14. The van der Waals surface area contributed by atoms with Crippen molar-refractivity contribution < 1.29 is 4.57 Å². The zero-order chi connectivity index (χ0) is 26.2. The molecule has 2 rings (SSSR count). The van der Waals surface area contributed by atoms with Crippen LogP contribution >= 0.6 is 0 Å². The molecule has 0 aliphatic heterocycles. The molecule has 1 aromatic heterocycles. The van der Waals surface area contributed by atoms with Crippen LogP contribution in [0.25, 0.3) is 0 Å². The average molecular weight is 510 g/mol. The van der Waals surface area contributed by atoms with E-state index in [1.807, 2.05) is 0 Å². The molecule has 0 saturated carbocycles. The zero-order valence-electron chi connectivity index (χ0n) is 24.9. The Bertz CT molecular complexity index is 748. The molecule has 0 saturated heterocycles. The molecule has 0 radical (unpaired) electrons. The highest BCUT2D eigenvalue weighted by Gasteiger charge is 2.16. The summed E-state index contributed by atoms with van der Waals surface area (Å²) in [6.07, 6.45) is 35.2. The van der Waals surface area contributed by atoms with Gasteiger partial charge in [0.15, 0.2) is 0 Å². The molecule has 210 valence electrons. The Morgan fingerprint density at radius 2 is 1.05 bits per heavy atom. The van der Waals surface area contributed by atoms with Crippen molar-refractivity contribution in [3.05, 3.63) is 54.1 Å². The molecule has 0 bridgehead atoms. The second kappa shape index (κ2) is 22.4. The van der Waals surface area contributed by atoms with Gasteiger partial charge in [-0.3, -0.25) is 0 Å². The van der Waals surface area contributed by atoms with Crippen LogP contribution < -0.4 is 4.57 Å². The van der Waals surface area contributed by atoms with Crippen molar-refractivity contribution >= 4 is 0 Å². The predicted molar refractivity (Wildman–Crippen MR) is 162 cm³/mol. The maximum atomic E-state index is 2.58. The van der Waals surface area contributed by atoms with Gasteiger partial charge >= 0.3 is 0 Å². The van der Waals surface area contributed by atoms with Gasteiger partial charge in [0.2, 0.25) is 0 Å². The quantitative estimate of drug-likeness (QED) is 0.0929. The molecule has 0 atom stereocenters. The molecular formula is C35H61N2+. The van der Waals surface area contributed by atoms with E-state index in [9.17, 15) is 0 Å². The standard InChI is InChI=1S/C35H61N2/c1-3-5-7-9-10-11-12-13-14-15-16-17-18-23-29-35-36(30-24-19-8-6-4-2)32-33-37(35)31-25-28-34-26-21-20-22-27-34/h20-22,26-27,32-33H,3-19,23-25,28-31H2,1-2H3/q+1. The van der Waals surface area contributed by atoms with Crippen LogP contribution in [0.5, 0.6) is 0 Å². The van der Waals surface area contributed by atoms with Crippen molar-refractivity contribution in [1.29, 1.82) is 0 Å². The van der Waals surface area contributed by atoms with Crippen molar-refractivity contribution in [2.45, 2.75) is 168 Å². The highest BCUT2D eigenvalue weighted by atomic mass is 15.1. The Balaban J connectivity index is 1.64. The van der Waals surface area contributed by atoms with Gasteiger partial charge < -0.3 is 0 Å². The minimum atomic E-state index is 1.14. The summed E-state index contributed by atoms with van der Waals surface area (Å²) in [5, 5.41) is 0. The fourth-order valence-corrected chi connectivity index (χ4v) is 5.65. The van der Waals surface area contributed by atoms with E-state index in [2.05, 4.69) is 65.7 Å². The maximum absolute atomic E-state index is 2.58. The monoisotopic (exact) mass is 509 g/mol. The van der Waals surface area contributed by atoms with Gasteiger partial charge in [-0.25, -0.2) is 9.13 Å². The fourth-order valence-electron chi connectivity index (χ4n) is 5.65. The predicted octanol–water partition coefficient (Wildman–Crippen LogP) is 10.4. The van der Waals surface area contributed by atoms with Crippen LogP contribution in [0.15, 0.2) is 42.7 Å². The molecule has 0 aliphatic carbocycles. The van der Waals surface area contributed by atoms with E-state index in [1.165, 1.54) is 153 Å². The van der Waals surface area contributed by atoms with Crippen LogP contribution in [0.4, 0.5) is 0 Å². The third-order valence-electron chi connectivity index (χ3n) is 8.05. The lowest BCUT2D eigenvalue weighted by Gasteiger charge is -2.07. The Morgan fingerprint density at radius 1 is 0.541 bits per heavy atom. The molecule has 2 heteroatoms. The second-order valence-electron chi connectivity index (χ2n) is 11.5. The molecule has 1 aromatic carbocycles. The van der Waals surface area contributed by atoms with Gasteiger partial charge in [-0.15, -0.1) is 0 Å². The topological polar surface area (TPSA) is 8.81 Å². The van der Waals surface area contributed by atoms with Gasteiger partial charge in [0.1, 0.15) is 12.4 Å². The summed E-state index contributed by atoms with van der Waals surface area (Å²) in [5.74, 6) is 1.57. The molecule has 0 unspecified atom stereocenters. The molecule has 2 nitrogen and oxygen atoms in total. The third-order valence-corrected chi connectivity index (χ3v) is 8.05. The smallest absolute Gasteiger partial charge is 0.234 e. The van der Waals surface area contributed by atoms with Gasteiger partial charge in [-0.2, -0.15) is 0 Å². The molecule has 0 amide bonds. The van der Waals surface area contributed by atoms with Gasteiger partial charge in [-0.05, 0) is 37.7 Å². The molecular weight excluding hydrogens is 448 g/mol. The van der Waals surface area contributed by atoms with Crippen LogP contribution in [0, 0.1) is 0 Å². The van der Waals surface area contributed by atoms with E-state index in [0.717, 1.165) is 6.54 Å². The van der Waals surface area contributed by atoms with Gasteiger partial charge in [0.25, 0.3) is 5.82 Å². The van der Waals surface area contributed by atoms with Crippen LogP contribution in [0.1, 0.15) is 154 Å². The molecule has 0 N–H and O–H groups in total. The summed E-state index contributed by atoms with van der Waals surface area (Å²) >= 11 is 0. The normalized spacial score (nSPS) is 11.4. The lowest BCUT2D eigenvalue weighted by atomic mass is 10.0. The maximum Gasteiger partial charge on any atom is 0.256 e. The van der Waals surface area contributed by atoms with Crippen molar-refractivity contribution in [2.24, 2.45) is 0 Å². The van der Waals surface area contributed by atoms with Crippen LogP contribution in [0.3, 0.4) is 0 Å². The Kier molecular flexibility index (Phi) is 19.2. The Morgan fingerprint density at radius 3 is 1.62 bits per heavy atom. The van der Waals surface area contributed by atoms with E-state index >= 15 is 0 Å². The average Bonchev–Trinajstić information content (AvgIpc) is 3.30. The third kappa shape index (κ3) is 15.4. The summed E-state index contributed by atoms with van der Waals surface area (Å²) in [5.41, 5.74) is 1.46. The van der Waals surface area contributed by atoms with Gasteiger partial charge in [-0.1, -0.05) is 147 Å². The summed E-state index contributed by atoms with van der Waals surface area (Å²) in [6, 6.07) is 11.0. The van der Waals surface area contributed by atoms with Gasteiger partial charge in [0, 0.05) is 6.42 Å². The van der Waals surface area contributed by atoms with Gasteiger partial charge in [0.05, 0.1) is 13.1 Å². The minimum absolute atomic E-state index is 1.14. The number of nitrogens with zero attached hydrogens (tertiary/aromatic N) is 2. The van der Waals surface area contributed by atoms with Crippen molar-refractivity contribution in [1.82, 2.24) is 4.57 Å². The molecule has 0 fully saturated rings. The van der Waals surface area contributed by atoms with Crippen LogP contribution in [-0.4, -0.2) is 4.57 Å². The summed E-state index contributed by atoms with van der Waals surface area (Å²) < 4.78 is 5.15. The number of aryl methyl sites for hydroxylation is 3. The largest absolute Gasteiger partial charge is 0.256 e. The number of hydrogen-bond acceptors (Lipinski definition) is 0. The van der Waals surface area contributed by atoms with Crippen molar-refractivity contribution in [2.75, 3.05) is 0 Å². The molecule has 37 heavy (non-hydrogen) atoms.